The van der Waals surface area contributed by atoms with Crippen molar-refractivity contribution in [3.63, 3.8) is 0 Å². The predicted molar refractivity (Wildman–Crippen MR) is 73.6 cm³/mol. The van der Waals surface area contributed by atoms with Gasteiger partial charge in [0.1, 0.15) is 0 Å². The number of thioether (sulfide) groups is 1. The van der Waals surface area contributed by atoms with Crippen LogP contribution in [-0.2, 0) is 4.74 Å². The molecule has 4 nitrogen and oxygen atoms in total. The van der Waals surface area contributed by atoms with Crippen LogP contribution in [0, 0.1) is 0 Å². The summed E-state index contributed by atoms with van der Waals surface area (Å²) >= 11 is 1.99. The average Bonchev–Trinajstić information content (AvgIpc) is 2.26. The van der Waals surface area contributed by atoms with Gasteiger partial charge in [0.2, 0.25) is 0 Å². The maximum absolute atomic E-state index is 6.03. The van der Waals surface area contributed by atoms with Gasteiger partial charge < -0.3 is 15.4 Å². The lowest BCUT2D eigenvalue weighted by atomic mass is 9.89. The van der Waals surface area contributed by atoms with E-state index in [1.807, 2.05) is 11.8 Å². The highest BCUT2D eigenvalue weighted by atomic mass is 32.2. The van der Waals surface area contributed by atoms with E-state index in [1.165, 1.54) is 11.5 Å². The Labute approximate surface area is 108 Å². The lowest BCUT2D eigenvalue weighted by Crippen LogP contribution is -2.45. The summed E-state index contributed by atoms with van der Waals surface area (Å²) in [7, 11) is 0. The van der Waals surface area contributed by atoms with Gasteiger partial charge in [-0.15, -0.1) is 0 Å². The average molecular weight is 257 g/mol. The van der Waals surface area contributed by atoms with E-state index in [-0.39, 0.29) is 0 Å². The Morgan fingerprint density at radius 1 is 1.35 bits per heavy atom. The van der Waals surface area contributed by atoms with Crippen molar-refractivity contribution in [2.75, 3.05) is 24.6 Å². The summed E-state index contributed by atoms with van der Waals surface area (Å²) in [5.74, 6) is 3.07. The Kier molecular flexibility index (Phi) is 4.56. The summed E-state index contributed by atoms with van der Waals surface area (Å²) in [6.07, 6.45) is 2.78. The molecule has 1 saturated carbocycles. The highest BCUT2D eigenvalue weighted by molar-refractivity contribution is 7.99. The van der Waals surface area contributed by atoms with Gasteiger partial charge in [-0.1, -0.05) is 0 Å². The Bertz CT molecular complexity index is 271. The minimum atomic E-state index is 0.321. The number of nitrogens with zero attached hydrogens (tertiary/aromatic N) is 2. The SMILES string of the molecule is CC(C)OC1CC(N=C(N)N2CCSCC2)C1. The van der Waals surface area contributed by atoms with E-state index in [9.17, 15) is 0 Å². The number of nitrogens with two attached hydrogens (primary N) is 1. The highest BCUT2D eigenvalue weighted by Gasteiger charge is 2.30. The van der Waals surface area contributed by atoms with Crippen LogP contribution >= 0.6 is 11.8 Å². The molecule has 2 fully saturated rings. The molecule has 0 unspecified atom stereocenters. The largest absolute Gasteiger partial charge is 0.375 e. The predicted octanol–water partition coefficient (Wildman–Crippen LogP) is 1.31. The first-order chi connectivity index (χ1) is 8.15. The van der Waals surface area contributed by atoms with E-state index in [0.29, 0.717) is 18.2 Å². The third kappa shape index (κ3) is 3.78. The van der Waals surface area contributed by atoms with Crippen molar-refractivity contribution in [1.82, 2.24) is 4.90 Å². The molecular formula is C12H23N3OS. The third-order valence-electron chi connectivity index (χ3n) is 3.18. The molecule has 5 heteroatoms. The molecule has 0 aromatic heterocycles. The second-order valence-corrected chi connectivity index (χ2v) is 6.24. The van der Waals surface area contributed by atoms with Crippen LogP contribution in [0.3, 0.4) is 0 Å². The maximum atomic E-state index is 6.03. The highest BCUT2D eigenvalue weighted by Crippen LogP contribution is 2.27. The van der Waals surface area contributed by atoms with Gasteiger partial charge in [-0.05, 0) is 26.7 Å². The smallest absolute Gasteiger partial charge is 0.191 e. The van der Waals surface area contributed by atoms with Crippen molar-refractivity contribution >= 4 is 17.7 Å². The van der Waals surface area contributed by atoms with Gasteiger partial charge in [-0.2, -0.15) is 11.8 Å². The van der Waals surface area contributed by atoms with Crippen molar-refractivity contribution in [3.05, 3.63) is 0 Å². The van der Waals surface area contributed by atoms with Crippen LogP contribution in [-0.4, -0.2) is 53.7 Å². The number of hydrogen-bond donors (Lipinski definition) is 1. The zero-order valence-corrected chi connectivity index (χ0v) is 11.6. The van der Waals surface area contributed by atoms with Gasteiger partial charge in [0, 0.05) is 24.6 Å². The van der Waals surface area contributed by atoms with Crippen LogP contribution < -0.4 is 5.73 Å². The first-order valence-corrected chi connectivity index (χ1v) is 7.62. The number of rotatable bonds is 3. The maximum Gasteiger partial charge on any atom is 0.191 e. The molecule has 2 aliphatic rings. The topological polar surface area (TPSA) is 50.9 Å². The summed E-state index contributed by atoms with van der Waals surface area (Å²) < 4.78 is 5.72. The molecule has 98 valence electrons. The molecule has 0 aromatic carbocycles. The van der Waals surface area contributed by atoms with E-state index in [4.69, 9.17) is 10.5 Å². The van der Waals surface area contributed by atoms with Gasteiger partial charge in [-0.25, -0.2) is 4.99 Å². The monoisotopic (exact) mass is 257 g/mol. The number of guanidine groups is 1. The Morgan fingerprint density at radius 2 is 2.00 bits per heavy atom. The molecule has 0 aromatic rings. The second-order valence-electron chi connectivity index (χ2n) is 5.02. The standard InChI is InChI=1S/C12H23N3OS/c1-9(2)16-11-7-10(8-11)14-12(13)15-3-5-17-6-4-15/h9-11H,3-8H2,1-2H3,(H2,13,14). The summed E-state index contributed by atoms with van der Waals surface area (Å²) in [5.41, 5.74) is 6.03. The zero-order valence-electron chi connectivity index (χ0n) is 10.8. The summed E-state index contributed by atoms with van der Waals surface area (Å²) in [6.45, 7) is 6.24. The first-order valence-electron chi connectivity index (χ1n) is 6.46. The molecule has 0 bridgehead atoms. The molecule has 1 aliphatic heterocycles. The zero-order chi connectivity index (χ0) is 12.3. The molecule has 1 saturated heterocycles. The van der Waals surface area contributed by atoms with Gasteiger partial charge in [0.25, 0.3) is 0 Å². The van der Waals surface area contributed by atoms with E-state index >= 15 is 0 Å². The fraction of sp³-hybridized carbons (Fsp3) is 0.917. The minimum Gasteiger partial charge on any atom is -0.375 e. The molecular weight excluding hydrogens is 234 g/mol. The lowest BCUT2D eigenvalue weighted by molar-refractivity contribution is -0.0430. The summed E-state index contributed by atoms with van der Waals surface area (Å²) in [4.78, 5) is 6.80. The van der Waals surface area contributed by atoms with Crippen molar-refractivity contribution in [2.24, 2.45) is 10.7 Å². The van der Waals surface area contributed by atoms with E-state index < -0.39 is 0 Å². The van der Waals surface area contributed by atoms with Gasteiger partial charge in [-0.3, -0.25) is 0 Å². The normalized spacial score (nSPS) is 30.5. The van der Waals surface area contributed by atoms with Gasteiger partial charge in [0.15, 0.2) is 5.96 Å². The third-order valence-corrected chi connectivity index (χ3v) is 4.13. The fourth-order valence-electron chi connectivity index (χ4n) is 2.20. The molecule has 1 aliphatic carbocycles. The quantitative estimate of drug-likeness (QED) is 0.612. The van der Waals surface area contributed by atoms with Crippen molar-refractivity contribution in [3.8, 4) is 0 Å². The Hall–Kier alpha value is -0.420. The van der Waals surface area contributed by atoms with E-state index in [2.05, 4.69) is 23.7 Å². The van der Waals surface area contributed by atoms with Crippen LogP contribution in [0.4, 0.5) is 0 Å². The van der Waals surface area contributed by atoms with Crippen molar-refractivity contribution < 1.29 is 4.74 Å². The summed E-state index contributed by atoms with van der Waals surface area (Å²) in [5, 5.41) is 0. The molecule has 17 heavy (non-hydrogen) atoms. The van der Waals surface area contributed by atoms with Crippen LogP contribution in [0.25, 0.3) is 0 Å². The molecule has 0 amide bonds. The molecule has 2 N–H and O–H groups in total. The van der Waals surface area contributed by atoms with Crippen LogP contribution in [0.1, 0.15) is 26.7 Å². The van der Waals surface area contributed by atoms with Crippen LogP contribution in [0.5, 0.6) is 0 Å². The Morgan fingerprint density at radius 3 is 2.59 bits per heavy atom. The summed E-state index contributed by atoms with van der Waals surface area (Å²) in [6, 6.07) is 0.383. The van der Waals surface area contributed by atoms with Crippen molar-refractivity contribution in [2.45, 2.75) is 44.9 Å². The number of ether oxygens (including phenoxy) is 1. The van der Waals surface area contributed by atoms with Crippen LogP contribution in [0.2, 0.25) is 0 Å². The van der Waals surface area contributed by atoms with Crippen molar-refractivity contribution in [1.29, 1.82) is 0 Å². The molecule has 1 heterocycles. The molecule has 0 spiro atoms. The molecule has 0 atom stereocenters. The lowest BCUT2D eigenvalue weighted by Gasteiger charge is -2.35. The van der Waals surface area contributed by atoms with Gasteiger partial charge in [0.05, 0.1) is 18.2 Å². The van der Waals surface area contributed by atoms with Crippen LogP contribution in [0.15, 0.2) is 4.99 Å². The Balaban J connectivity index is 1.73. The molecule has 2 rings (SSSR count). The molecule has 0 radical (unpaired) electrons. The number of aliphatic imine (C=N–C) groups is 1. The fourth-order valence-corrected chi connectivity index (χ4v) is 3.10. The second kappa shape index (κ2) is 5.96. The van der Waals surface area contributed by atoms with E-state index in [1.54, 1.807) is 0 Å². The van der Waals surface area contributed by atoms with E-state index in [0.717, 1.165) is 31.9 Å². The minimum absolute atomic E-state index is 0.321. The van der Waals surface area contributed by atoms with Gasteiger partial charge >= 0.3 is 0 Å². The number of hydrogen-bond acceptors (Lipinski definition) is 3. The first kappa shape index (κ1) is 13.0.